The van der Waals surface area contributed by atoms with Crippen LogP contribution in [-0.2, 0) is 17.7 Å². The van der Waals surface area contributed by atoms with Crippen molar-refractivity contribution in [1.29, 1.82) is 0 Å². The normalized spacial score (nSPS) is 14.5. The standard InChI is InChI=1S/C31H32FN5O4/c1-17-14-19(6-10-23(17)32)16-34-27(38)25-15-26(37-13-12-33-30(37)36-25)28(39)35-24-11-9-20-18(2)21(7-8-22(20)24)29(40)41-31(3,4)5/h6-8,10,12-15,24H,9,11,16H2,1-5H3,(H,34,38)(H,35,39)/t24-/m0/s1. The Morgan fingerprint density at radius 1 is 1.10 bits per heavy atom. The van der Waals surface area contributed by atoms with Crippen molar-refractivity contribution >= 4 is 23.6 Å². The van der Waals surface area contributed by atoms with Crippen LogP contribution in [0.2, 0.25) is 0 Å². The number of carbonyl (C=O) groups excluding carboxylic acids is 3. The van der Waals surface area contributed by atoms with Crippen molar-refractivity contribution < 1.29 is 23.5 Å². The Hall–Kier alpha value is -4.60. The Morgan fingerprint density at radius 2 is 1.88 bits per heavy atom. The van der Waals surface area contributed by atoms with Gasteiger partial charge in [0.15, 0.2) is 0 Å². The fourth-order valence-electron chi connectivity index (χ4n) is 5.10. The molecule has 0 aliphatic heterocycles. The number of ether oxygens (including phenoxy) is 1. The average Bonchev–Trinajstić information content (AvgIpc) is 3.55. The lowest BCUT2D eigenvalue weighted by Crippen LogP contribution is -2.30. The summed E-state index contributed by atoms with van der Waals surface area (Å²) in [6.45, 7) is 9.22. The monoisotopic (exact) mass is 557 g/mol. The third-order valence-electron chi connectivity index (χ3n) is 7.13. The number of aromatic nitrogens is 3. The lowest BCUT2D eigenvalue weighted by atomic mass is 9.97. The van der Waals surface area contributed by atoms with Gasteiger partial charge in [-0.15, -0.1) is 0 Å². The van der Waals surface area contributed by atoms with Gasteiger partial charge in [-0.3, -0.25) is 14.0 Å². The largest absolute Gasteiger partial charge is 0.456 e. The van der Waals surface area contributed by atoms with Gasteiger partial charge in [0.1, 0.15) is 22.8 Å². The molecule has 4 aromatic rings. The van der Waals surface area contributed by atoms with Gasteiger partial charge in [-0.1, -0.05) is 18.2 Å². The summed E-state index contributed by atoms with van der Waals surface area (Å²) < 4.78 is 20.7. The molecule has 0 saturated heterocycles. The van der Waals surface area contributed by atoms with Crippen LogP contribution in [0.5, 0.6) is 0 Å². The Kier molecular flexibility index (Phi) is 7.33. The summed E-state index contributed by atoms with van der Waals surface area (Å²) in [5.74, 6) is -1.34. The molecule has 2 heterocycles. The van der Waals surface area contributed by atoms with E-state index in [1.165, 1.54) is 22.7 Å². The van der Waals surface area contributed by atoms with Gasteiger partial charge >= 0.3 is 5.97 Å². The minimum absolute atomic E-state index is 0.0392. The highest BCUT2D eigenvalue weighted by molar-refractivity contribution is 5.98. The molecular formula is C31H32FN5O4. The fraction of sp³-hybridized carbons (Fsp3) is 0.323. The van der Waals surface area contributed by atoms with Crippen molar-refractivity contribution in [3.63, 3.8) is 0 Å². The van der Waals surface area contributed by atoms with Gasteiger partial charge in [0.05, 0.1) is 11.6 Å². The van der Waals surface area contributed by atoms with E-state index in [2.05, 4.69) is 20.6 Å². The van der Waals surface area contributed by atoms with Crippen LogP contribution < -0.4 is 10.6 Å². The number of benzene rings is 2. The number of esters is 1. The molecular weight excluding hydrogens is 525 g/mol. The minimum atomic E-state index is -0.599. The Bertz CT molecular complexity index is 1690. The molecule has 0 saturated carbocycles. The first-order valence-corrected chi connectivity index (χ1v) is 13.4. The second-order valence-corrected chi connectivity index (χ2v) is 11.3. The maximum Gasteiger partial charge on any atom is 0.338 e. The van der Waals surface area contributed by atoms with Crippen LogP contribution in [0.3, 0.4) is 0 Å². The Morgan fingerprint density at radius 3 is 2.61 bits per heavy atom. The van der Waals surface area contributed by atoms with E-state index in [1.807, 2.05) is 33.8 Å². The summed E-state index contributed by atoms with van der Waals surface area (Å²) in [7, 11) is 0. The third kappa shape index (κ3) is 5.82. The highest BCUT2D eigenvalue weighted by Gasteiger charge is 2.30. The quantitative estimate of drug-likeness (QED) is 0.330. The molecule has 2 amide bonds. The molecule has 0 radical (unpaired) electrons. The van der Waals surface area contributed by atoms with Crippen LogP contribution in [0.25, 0.3) is 5.78 Å². The van der Waals surface area contributed by atoms with Crippen LogP contribution in [0.4, 0.5) is 4.39 Å². The predicted octanol–water partition coefficient (Wildman–Crippen LogP) is 4.79. The van der Waals surface area contributed by atoms with E-state index >= 15 is 0 Å². The zero-order chi connectivity index (χ0) is 29.5. The number of fused-ring (bicyclic) bond motifs is 2. The molecule has 2 N–H and O–H groups in total. The first-order chi connectivity index (χ1) is 19.4. The number of aryl methyl sites for hydroxylation is 1. The van der Waals surface area contributed by atoms with Crippen molar-refractivity contribution in [3.05, 3.63) is 99.4 Å². The van der Waals surface area contributed by atoms with E-state index in [4.69, 9.17) is 4.74 Å². The molecule has 5 rings (SSSR count). The van der Waals surface area contributed by atoms with Gasteiger partial charge in [-0.2, -0.15) is 0 Å². The molecule has 10 heteroatoms. The van der Waals surface area contributed by atoms with Crippen molar-refractivity contribution in [3.8, 4) is 0 Å². The fourth-order valence-corrected chi connectivity index (χ4v) is 5.10. The SMILES string of the molecule is Cc1cc(CNC(=O)c2cc(C(=O)N[C@H]3CCc4c3ccc(C(=O)OC(C)(C)C)c4C)n3ccnc3n2)ccc1F. The first kappa shape index (κ1) is 27.9. The van der Waals surface area contributed by atoms with E-state index in [1.54, 1.807) is 31.3 Å². The van der Waals surface area contributed by atoms with Crippen molar-refractivity contribution in [1.82, 2.24) is 25.0 Å². The van der Waals surface area contributed by atoms with Crippen LogP contribution in [0.1, 0.15) is 92.4 Å². The van der Waals surface area contributed by atoms with Crippen molar-refractivity contribution in [2.75, 3.05) is 0 Å². The molecule has 0 unspecified atom stereocenters. The summed E-state index contributed by atoms with van der Waals surface area (Å²) in [5, 5.41) is 5.86. The molecule has 2 aromatic heterocycles. The predicted molar refractivity (Wildman–Crippen MR) is 150 cm³/mol. The number of imidazole rings is 1. The van der Waals surface area contributed by atoms with Gasteiger partial charge < -0.3 is 15.4 Å². The Balaban J connectivity index is 1.35. The van der Waals surface area contributed by atoms with Crippen molar-refractivity contribution in [2.24, 2.45) is 0 Å². The van der Waals surface area contributed by atoms with Crippen LogP contribution in [-0.4, -0.2) is 37.8 Å². The minimum Gasteiger partial charge on any atom is -0.456 e. The number of amides is 2. The molecule has 9 nitrogen and oxygen atoms in total. The molecule has 212 valence electrons. The summed E-state index contributed by atoms with van der Waals surface area (Å²) in [6.07, 6.45) is 4.49. The van der Waals surface area contributed by atoms with Gasteiger partial charge in [0.25, 0.3) is 11.8 Å². The Labute approximate surface area is 237 Å². The molecule has 0 bridgehead atoms. The summed E-state index contributed by atoms with van der Waals surface area (Å²) in [6, 6.07) is 9.40. The maximum atomic E-state index is 13.6. The number of hydrogen-bond acceptors (Lipinski definition) is 6. The molecule has 41 heavy (non-hydrogen) atoms. The second-order valence-electron chi connectivity index (χ2n) is 11.3. The lowest BCUT2D eigenvalue weighted by molar-refractivity contribution is 0.00683. The summed E-state index contributed by atoms with van der Waals surface area (Å²) in [4.78, 5) is 47.7. The van der Waals surface area contributed by atoms with E-state index < -0.39 is 11.5 Å². The number of nitrogens with one attached hydrogen (secondary N) is 2. The number of nitrogens with zero attached hydrogens (tertiary/aromatic N) is 3. The number of rotatable bonds is 6. The topological polar surface area (TPSA) is 115 Å². The summed E-state index contributed by atoms with van der Waals surface area (Å²) in [5.41, 5.74) is 4.22. The third-order valence-corrected chi connectivity index (χ3v) is 7.13. The van der Waals surface area contributed by atoms with Crippen LogP contribution in [0, 0.1) is 19.7 Å². The molecule has 0 spiro atoms. The number of carbonyl (C=O) groups is 3. The average molecular weight is 558 g/mol. The van der Waals surface area contributed by atoms with E-state index in [0.29, 0.717) is 24.0 Å². The second kappa shape index (κ2) is 10.8. The zero-order valence-corrected chi connectivity index (χ0v) is 23.7. The van der Waals surface area contributed by atoms with Gasteiger partial charge in [-0.25, -0.2) is 19.2 Å². The van der Waals surface area contributed by atoms with E-state index in [-0.39, 0.29) is 47.4 Å². The molecule has 0 fully saturated rings. The zero-order valence-electron chi connectivity index (χ0n) is 23.7. The summed E-state index contributed by atoms with van der Waals surface area (Å²) >= 11 is 0. The smallest absolute Gasteiger partial charge is 0.338 e. The number of hydrogen-bond donors (Lipinski definition) is 2. The van der Waals surface area contributed by atoms with Gasteiger partial charge in [0.2, 0.25) is 5.78 Å². The number of halogens is 1. The highest BCUT2D eigenvalue weighted by Crippen LogP contribution is 2.35. The molecule has 1 aliphatic rings. The van der Waals surface area contributed by atoms with Crippen LogP contribution >= 0.6 is 0 Å². The van der Waals surface area contributed by atoms with Gasteiger partial charge in [-0.05, 0) is 93.5 Å². The maximum absolute atomic E-state index is 13.6. The van der Waals surface area contributed by atoms with Gasteiger partial charge in [0, 0.05) is 18.9 Å². The molecule has 1 aliphatic carbocycles. The molecule has 2 aromatic carbocycles. The highest BCUT2D eigenvalue weighted by atomic mass is 19.1. The first-order valence-electron chi connectivity index (χ1n) is 13.4. The van der Waals surface area contributed by atoms with E-state index in [9.17, 15) is 18.8 Å². The molecule has 1 atom stereocenters. The lowest BCUT2D eigenvalue weighted by Gasteiger charge is -2.21. The van der Waals surface area contributed by atoms with Crippen LogP contribution in [0.15, 0.2) is 48.8 Å². The van der Waals surface area contributed by atoms with E-state index in [0.717, 1.165) is 22.3 Å². The van der Waals surface area contributed by atoms with Crippen molar-refractivity contribution in [2.45, 2.75) is 65.6 Å².